The third-order valence-electron chi connectivity index (χ3n) is 3.26. The summed E-state index contributed by atoms with van der Waals surface area (Å²) in [6.07, 6.45) is 0. The lowest BCUT2D eigenvalue weighted by molar-refractivity contribution is 0.0705. The van der Waals surface area contributed by atoms with Crippen LogP contribution in [-0.4, -0.2) is 49.4 Å². The minimum atomic E-state index is -0.544. The first kappa shape index (κ1) is 13.8. The van der Waals surface area contributed by atoms with Crippen LogP contribution in [0.2, 0.25) is 0 Å². The Kier molecular flexibility index (Phi) is 4.36. The number of nitrogens with one attached hydrogen (secondary N) is 1. The van der Waals surface area contributed by atoms with Crippen molar-refractivity contribution in [3.8, 4) is 5.75 Å². The molecule has 19 heavy (non-hydrogen) atoms. The fourth-order valence-corrected chi connectivity index (χ4v) is 2.10. The van der Waals surface area contributed by atoms with Gasteiger partial charge in [0.2, 0.25) is 0 Å². The monoisotopic (exact) mass is 266 g/mol. The smallest absolute Gasteiger partial charge is 0.274 e. The topological polar surface area (TPSA) is 71.0 Å². The molecule has 1 unspecified atom stereocenters. The highest BCUT2D eigenvalue weighted by molar-refractivity contribution is 5.93. The lowest BCUT2D eigenvalue weighted by atomic mass is 10.1. The first-order valence-corrected chi connectivity index (χ1v) is 6.05. The molecule has 6 nitrogen and oxygen atoms in total. The van der Waals surface area contributed by atoms with Crippen LogP contribution in [0.15, 0.2) is 18.2 Å². The van der Waals surface area contributed by atoms with Gasteiger partial charge in [0.25, 0.3) is 5.91 Å². The van der Waals surface area contributed by atoms with E-state index >= 15 is 0 Å². The summed E-state index contributed by atoms with van der Waals surface area (Å²) < 4.78 is 10.9. The maximum absolute atomic E-state index is 11.4. The van der Waals surface area contributed by atoms with E-state index in [2.05, 4.69) is 4.90 Å². The molecule has 2 rings (SSSR count). The molecule has 0 saturated heterocycles. The molecule has 104 valence electrons. The number of methoxy groups -OCH3 is 1. The summed E-state index contributed by atoms with van der Waals surface area (Å²) in [5.41, 5.74) is 3.00. The van der Waals surface area contributed by atoms with Crippen molar-refractivity contribution < 1.29 is 19.5 Å². The predicted octanol–water partition coefficient (Wildman–Crippen LogP) is 0.645. The zero-order chi connectivity index (χ0) is 13.8. The molecule has 1 aromatic rings. The van der Waals surface area contributed by atoms with Gasteiger partial charge < -0.3 is 9.47 Å². The summed E-state index contributed by atoms with van der Waals surface area (Å²) in [5.74, 6) is 0.129. The normalized spacial score (nSPS) is 19.2. The van der Waals surface area contributed by atoms with E-state index in [1.54, 1.807) is 24.7 Å². The van der Waals surface area contributed by atoms with Crippen molar-refractivity contribution in [2.24, 2.45) is 0 Å². The average Bonchev–Trinajstić information content (AvgIpc) is 2.57. The molecule has 0 radical (unpaired) electrons. The van der Waals surface area contributed by atoms with Crippen LogP contribution in [0, 0.1) is 0 Å². The molecular weight excluding hydrogens is 248 g/mol. The highest BCUT2D eigenvalue weighted by Crippen LogP contribution is 2.25. The number of amides is 1. The van der Waals surface area contributed by atoms with E-state index in [0.717, 1.165) is 12.1 Å². The van der Waals surface area contributed by atoms with Gasteiger partial charge in [-0.25, -0.2) is 5.48 Å². The number of nitrogens with zero attached hydrogens (tertiary/aromatic N) is 1. The van der Waals surface area contributed by atoms with Gasteiger partial charge in [0.1, 0.15) is 12.4 Å². The van der Waals surface area contributed by atoms with Gasteiger partial charge in [0, 0.05) is 24.8 Å². The summed E-state index contributed by atoms with van der Waals surface area (Å²) in [7, 11) is 3.67. The molecule has 1 aliphatic rings. The molecule has 1 heterocycles. The molecule has 0 aliphatic carbocycles. The van der Waals surface area contributed by atoms with Crippen LogP contribution in [0.4, 0.5) is 0 Å². The van der Waals surface area contributed by atoms with Gasteiger partial charge in [0.05, 0.1) is 12.6 Å². The Morgan fingerprint density at radius 1 is 1.63 bits per heavy atom. The summed E-state index contributed by atoms with van der Waals surface area (Å²) in [5, 5.41) is 8.64. The number of rotatable bonds is 3. The van der Waals surface area contributed by atoms with Gasteiger partial charge in [-0.1, -0.05) is 6.07 Å². The first-order valence-electron chi connectivity index (χ1n) is 6.05. The van der Waals surface area contributed by atoms with Crippen molar-refractivity contribution in [3.05, 3.63) is 29.3 Å². The molecule has 1 aliphatic heterocycles. The number of likely N-dealkylation sites (N-methyl/N-ethyl adjacent to an activating group) is 1. The van der Waals surface area contributed by atoms with E-state index in [-0.39, 0.29) is 6.04 Å². The Hall–Kier alpha value is -1.63. The number of ether oxygens (including phenoxy) is 2. The van der Waals surface area contributed by atoms with E-state index < -0.39 is 5.91 Å². The fourth-order valence-electron chi connectivity index (χ4n) is 2.10. The van der Waals surface area contributed by atoms with Crippen LogP contribution in [0.5, 0.6) is 5.75 Å². The molecule has 6 heteroatoms. The molecule has 0 spiro atoms. The molecule has 0 saturated carbocycles. The van der Waals surface area contributed by atoms with Crippen molar-refractivity contribution in [2.75, 3.05) is 27.4 Å². The van der Waals surface area contributed by atoms with Crippen molar-refractivity contribution in [1.29, 1.82) is 0 Å². The van der Waals surface area contributed by atoms with Crippen molar-refractivity contribution in [2.45, 2.75) is 12.6 Å². The second-order valence-electron chi connectivity index (χ2n) is 4.60. The molecule has 0 bridgehead atoms. The average molecular weight is 266 g/mol. The highest BCUT2D eigenvalue weighted by Gasteiger charge is 2.22. The van der Waals surface area contributed by atoms with E-state index in [4.69, 9.17) is 14.7 Å². The van der Waals surface area contributed by atoms with E-state index in [1.807, 2.05) is 13.1 Å². The van der Waals surface area contributed by atoms with Gasteiger partial charge in [-0.3, -0.25) is 14.9 Å². The van der Waals surface area contributed by atoms with E-state index in [9.17, 15) is 4.79 Å². The van der Waals surface area contributed by atoms with Gasteiger partial charge in [0.15, 0.2) is 0 Å². The predicted molar refractivity (Wildman–Crippen MR) is 68.3 cm³/mol. The van der Waals surface area contributed by atoms with Crippen LogP contribution in [0.3, 0.4) is 0 Å². The maximum Gasteiger partial charge on any atom is 0.274 e. The zero-order valence-corrected chi connectivity index (χ0v) is 11.0. The van der Waals surface area contributed by atoms with Crippen molar-refractivity contribution >= 4 is 5.91 Å². The first-order chi connectivity index (χ1) is 9.15. The molecule has 2 N–H and O–H groups in total. The number of hydroxylamine groups is 1. The molecular formula is C13H18N2O4. The zero-order valence-electron chi connectivity index (χ0n) is 11.0. The van der Waals surface area contributed by atoms with Crippen LogP contribution >= 0.6 is 0 Å². The summed E-state index contributed by atoms with van der Waals surface area (Å²) in [6, 6.07) is 5.32. The highest BCUT2D eigenvalue weighted by atomic mass is 16.5. The Bertz CT molecular complexity index is 464. The molecule has 0 fully saturated rings. The van der Waals surface area contributed by atoms with Crippen LogP contribution in [0.25, 0.3) is 0 Å². The Morgan fingerprint density at radius 2 is 2.42 bits per heavy atom. The fraction of sp³-hybridized carbons (Fsp3) is 0.462. The number of fused-ring (bicyclic) bond motifs is 1. The Balaban J connectivity index is 2.22. The third-order valence-corrected chi connectivity index (χ3v) is 3.26. The molecule has 1 aromatic carbocycles. The van der Waals surface area contributed by atoms with E-state index in [0.29, 0.717) is 24.5 Å². The van der Waals surface area contributed by atoms with Gasteiger partial charge >= 0.3 is 0 Å². The third kappa shape index (κ3) is 3.04. The minimum absolute atomic E-state index is 0.174. The van der Waals surface area contributed by atoms with Crippen molar-refractivity contribution in [3.63, 3.8) is 0 Å². The molecule has 1 atom stereocenters. The summed E-state index contributed by atoms with van der Waals surface area (Å²) in [4.78, 5) is 13.5. The standard InChI is InChI=1S/C13H18N2O4/c1-15-6-10-4-3-9(13(16)14-17)5-12(10)19-8-11(15)7-18-2/h3-5,11,17H,6-8H2,1-2H3,(H,14,16). The largest absolute Gasteiger partial charge is 0.492 e. The Morgan fingerprint density at radius 3 is 3.11 bits per heavy atom. The molecule has 1 amide bonds. The number of hydrogen-bond acceptors (Lipinski definition) is 5. The summed E-state index contributed by atoms with van der Waals surface area (Å²) in [6.45, 7) is 1.82. The van der Waals surface area contributed by atoms with Crippen LogP contribution in [-0.2, 0) is 11.3 Å². The van der Waals surface area contributed by atoms with Crippen LogP contribution in [0.1, 0.15) is 15.9 Å². The van der Waals surface area contributed by atoms with Crippen molar-refractivity contribution in [1.82, 2.24) is 10.4 Å². The minimum Gasteiger partial charge on any atom is -0.492 e. The molecule has 0 aromatic heterocycles. The van der Waals surface area contributed by atoms with Gasteiger partial charge in [-0.15, -0.1) is 0 Å². The van der Waals surface area contributed by atoms with Crippen LogP contribution < -0.4 is 10.2 Å². The lowest BCUT2D eigenvalue weighted by Crippen LogP contribution is -2.37. The number of benzene rings is 1. The number of hydrogen-bond donors (Lipinski definition) is 2. The lowest BCUT2D eigenvalue weighted by Gasteiger charge is -2.23. The Labute approximate surface area is 111 Å². The second-order valence-corrected chi connectivity index (χ2v) is 4.60. The SMILES string of the molecule is COCC1COc2cc(C(=O)NO)ccc2CN1C. The van der Waals surface area contributed by atoms with Gasteiger partial charge in [-0.05, 0) is 19.2 Å². The van der Waals surface area contributed by atoms with E-state index in [1.165, 1.54) is 0 Å². The number of carbonyl (C=O) groups is 1. The number of carbonyl (C=O) groups excluding carboxylic acids is 1. The summed E-state index contributed by atoms with van der Waals surface area (Å²) >= 11 is 0. The second kappa shape index (κ2) is 6.01. The quantitative estimate of drug-likeness (QED) is 0.621. The maximum atomic E-state index is 11.4. The van der Waals surface area contributed by atoms with Gasteiger partial charge in [-0.2, -0.15) is 0 Å².